The van der Waals surface area contributed by atoms with Crippen molar-refractivity contribution in [3.05, 3.63) is 48.5 Å². The van der Waals surface area contributed by atoms with E-state index in [9.17, 15) is 4.79 Å². The van der Waals surface area contributed by atoms with Crippen molar-refractivity contribution in [3.8, 4) is 11.3 Å². The molecule has 3 aromatic heterocycles. The summed E-state index contributed by atoms with van der Waals surface area (Å²) >= 11 is 0. The number of carbonyl (C=O) groups is 1. The quantitative estimate of drug-likeness (QED) is 0.764. The number of nitrogens with zero attached hydrogens (tertiary/aromatic N) is 4. The molecule has 3 heterocycles. The summed E-state index contributed by atoms with van der Waals surface area (Å²) in [5, 5.41) is 13.0. The molecule has 0 bridgehead atoms. The zero-order valence-electron chi connectivity index (χ0n) is 9.89. The van der Waals surface area contributed by atoms with Gasteiger partial charge >= 0.3 is 5.97 Å². The maximum atomic E-state index is 10.7. The van der Waals surface area contributed by atoms with Gasteiger partial charge in [-0.25, -0.2) is 9.50 Å². The van der Waals surface area contributed by atoms with E-state index in [1.54, 1.807) is 16.8 Å². The number of rotatable bonds is 3. The summed E-state index contributed by atoms with van der Waals surface area (Å²) < 4.78 is 1.71. The Morgan fingerprint density at radius 3 is 3.00 bits per heavy atom. The molecule has 0 atom stereocenters. The number of carboxylic acids is 1. The van der Waals surface area contributed by atoms with Gasteiger partial charge in [0, 0.05) is 11.8 Å². The van der Waals surface area contributed by atoms with Crippen molar-refractivity contribution in [2.24, 2.45) is 0 Å². The van der Waals surface area contributed by atoms with E-state index in [2.05, 4.69) is 15.1 Å². The summed E-state index contributed by atoms with van der Waals surface area (Å²) in [6.07, 6.45) is 2.99. The van der Waals surface area contributed by atoms with Crippen LogP contribution >= 0.6 is 0 Å². The lowest BCUT2D eigenvalue weighted by atomic mass is 10.1. The van der Waals surface area contributed by atoms with Crippen LogP contribution in [0.2, 0.25) is 0 Å². The molecule has 0 amide bonds. The third-order valence-electron chi connectivity index (χ3n) is 2.75. The fraction of sp³-hybridized carbons (Fsp3) is 0.0769. The van der Waals surface area contributed by atoms with Gasteiger partial charge in [0.05, 0.1) is 17.8 Å². The average molecular weight is 254 g/mol. The lowest BCUT2D eigenvalue weighted by Crippen LogP contribution is -2.02. The van der Waals surface area contributed by atoms with E-state index in [0.717, 1.165) is 16.9 Å². The van der Waals surface area contributed by atoms with Gasteiger partial charge in [-0.15, -0.1) is 0 Å². The second kappa shape index (κ2) is 4.49. The van der Waals surface area contributed by atoms with Crippen LogP contribution < -0.4 is 0 Å². The van der Waals surface area contributed by atoms with E-state index < -0.39 is 5.97 Å². The summed E-state index contributed by atoms with van der Waals surface area (Å²) in [5.41, 5.74) is 2.97. The molecule has 6 heteroatoms. The van der Waals surface area contributed by atoms with Crippen LogP contribution in [0.1, 0.15) is 5.69 Å². The smallest absolute Gasteiger partial charge is 0.309 e. The number of aromatic nitrogens is 4. The number of carboxylic acid groups (broad SMARTS) is 1. The number of aliphatic carboxylic acids is 1. The van der Waals surface area contributed by atoms with E-state index in [4.69, 9.17) is 5.11 Å². The molecule has 0 fully saturated rings. The molecular formula is C13H10N4O2. The van der Waals surface area contributed by atoms with Gasteiger partial charge in [0.15, 0.2) is 5.65 Å². The summed E-state index contributed by atoms with van der Waals surface area (Å²) in [7, 11) is 0. The van der Waals surface area contributed by atoms with E-state index in [1.807, 2.05) is 24.3 Å². The van der Waals surface area contributed by atoms with Crippen LogP contribution in [0.15, 0.2) is 42.9 Å². The second-order valence-corrected chi connectivity index (χ2v) is 4.05. The molecule has 0 radical (unpaired) electrons. The van der Waals surface area contributed by atoms with Gasteiger partial charge in [-0.3, -0.25) is 9.78 Å². The molecule has 19 heavy (non-hydrogen) atoms. The van der Waals surface area contributed by atoms with Crippen molar-refractivity contribution < 1.29 is 9.90 Å². The maximum absolute atomic E-state index is 10.7. The second-order valence-electron chi connectivity index (χ2n) is 4.05. The van der Waals surface area contributed by atoms with Gasteiger partial charge in [-0.2, -0.15) is 5.10 Å². The summed E-state index contributed by atoms with van der Waals surface area (Å²) in [6.45, 7) is 0. The first kappa shape index (κ1) is 11.3. The summed E-state index contributed by atoms with van der Waals surface area (Å²) in [4.78, 5) is 18.9. The predicted octanol–water partition coefficient (Wildman–Crippen LogP) is 1.42. The highest BCUT2D eigenvalue weighted by molar-refractivity contribution is 5.71. The Kier molecular flexibility index (Phi) is 2.68. The molecule has 0 aliphatic rings. The van der Waals surface area contributed by atoms with Gasteiger partial charge in [0.1, 0.15) is 6.33 Å². The van der Waals surface area contributed by atoms with Crippen LogP contribution in [0.4, 0.5) is 0 Å². The third-order valence-corrected chi connectivity index (χ3v) is 2.75. The number of hydrogen-bond acceptors (Lipinski definition) is 4. The summed E-state index contributed by atoms with van der Waals surface area (Å²) in [5.74, 6) is -0.899. The minimum Gasteiger partial charge on any atom is -0.481 e. The Balaban J connectivity index is 2.11. The SMILES string of the molecule is O=C(O)Cc1cc(-c2cccc3ncnn23)ccn1. The lowest BCUT2D eigenvalue weighted by Gasteiger charge is -2.05. The standard InChI is InChI=1S/C13H10N4O2/c18-13(19)7-10-6-9(4-5-14-10)11-2-1-3-12-15-8-16-17(11)12/h1-6,8H,7H2,(H,18,19). The van der Waals surface area contributed by atoms with Crippen LogP contribution in [-0.4, -0.2) is 30.7 Å². The first-order valence-corrected chi connectivity index (χ1v) is 5.70. The molecule has 0 saturated heterocycles. The lowest BCUT2D eigenvalue weighted by molar-refractivity contribution is -0.136. The zero-order valence-corrected chi connectivity index (χ0v) is 9.89. The molecule has 94 valence electrons. The number of pyridine rings is 2. The molecule has 0 unspecified atom stereocenters. The van der Waals surface area contributed by atoms with Crippen LogP contribution in [0, 0.1) is 0 Å². The molecular weight excluding hydrogens is 244 g/mol. The monoisotopic (exact) mass is 254 g/mol. The number of hydrogen-bond donors (Lipinski definition) is 1. The highest BCUT2D eigenvalue weighted by Gasteiger charge is 2.07. The van der Waals surface area contributed by atoms with Gasteiger partial charge in [-0.05, 0) is 24.3 Å². The largest absolute Gasteiger partial charge is 0.481 e. The van der Waals surface area contributed by atoms with Crippen molar-refractivity contribution >= 4 is 11.6 Å². The Morgan fingerprint density at radius 2 is 2.16 bits per heavy atom. The van der Waals surface area contributed by atoms with Crippen molar-refractivity contribution in [3.63, 3.8) is 0 Å². The van der Waals surface area contributed by atoms with Crippen molar-refractivity contribution in [2.45, 2.75) is 6.42 Å². The number of fused-ring (bicyclic) bond motifs is 1. The minimum absolute atomic E-state index is 0.0961. The maximum Gasteiger partial charge on any atom is 0.309 e. The molecule has 0 spiro atoms. The van der Waals surface area contributed by atoms with Crippen LogP contribution in [0.5, 0.6) is 0 Å². The highest BCUT2D eigenvalue weighted by atomic mass is 16.4. The molecule has 3 aromatic rings. The molecule has 0 aliphatic heterocycles. The van der Waals surface area contributed by atoms with Gasteiger partial charge in [0.25, 0.3) is 0 Å². The molecule has 0 aliphatic carbocycles. The van der Waals surface area contributed by atoms with Crippen LogP contribution in [0.3, 0.4) is 0 Å². The fourth-order valence-corrected chi connectivity index (χ4v) is 1.95. The van der Waals surface area contributed by atoms with Crippen LogP contribution in [0.25, 0.3) is 16.9 Å². The van der Waals surface area contributed by atoms with Crippen molar-refractivity contribution in [1.82, 2.24) is 19.6 Å². The zero-order chi connectivity index (χ0) is 13.2. The van der Waals surface area contributed by atoms with Crippen LogP contribution in [-0.2, 0) is 11.2 Å². The molecule has 0 aromatic carbocycles. The Bertz CT molecular complexity index is 751. The Labute approximate surface area is 108 Å². The van der Waals surface area contributed by atoms with E-state index in [-0.39, 0.29) is 6.42 Å². The first-order valence-electron chi connectivity index (χ1n) is 5.70. The van der Waals surface area contributed by atoms with Gasteiger partial charge < -0.3 is 5.11 Å². The predicted molar refractivity (Wildman–Crippen MR) is 67.6 cm³/mol. The van der Waals surface area contributed by atoms with Gasteiger partial charge in [-0.1, -0.05) is 6.07 Å². The third kappa shape index (κ3) is 2.15. The molecule has 1 N–H and O–H groups in total. The molecule has 6 nitrogen and oxygen atoms in total. The van der Waals surface area contributed by atoms with E-state index in [0.29, 0.717) is 5.69 Å². The molecule has 0 saturated carbocycles. The van der Waals surface area contributed by atoms with E-state index >= 15 is 0 Å². The average Bonchev–Trinajstić information content (AvgIpc) is 2.86. The van der Waals surface area contributed by atoms with Crippen molar-refractivity contribution in [2.75, 3.05) is 0 Å². The first-order chi connectivity index (χ1) is 9.24. The van der Waals surface area contributed by atoms with Gasteiger partial charge in [0.2, 0.25) is 0 Å². The van der Waals surface area contributed by atoms with E-state index in [1.165, 1.54) is 6.33 Å². The fourth-order valence-electron chi connectivity index (χ4n) is 1.95. The minimum atomic E-state index is -0.899. The topological polar surface area (TPSA) is 80.4 Å². The summed E-state index contributed by atoms with van der Waals surface area (Å²) in [6, 6.07) is 9.22. The Morgan fingerprint density at radius 1 is 1.26 bits per heavy atom. The normalized spacial score (nSPS) is 10.7. The highest BCUT2D eigenvalue weighted by Crippen LogP contribution is 2.19. The molecule has 3 rings (SSSR count). The van der Waals surface area contributed by atoms with Crippen molar-refractivity contribution in [1.29, 1.82) is 0 Å². The Hall–Kier alpha value is -2.76.